The number of likely N-dealkylation sites (N-methyl/N-ethyl adjacent to an activating group) is 1. The first kappa shape index (κ1) is 13.0. The van der Waals surface area contributed by atoms with Gasteiger partial charge in [0.1, 0.15) is 5.69 Å². The van der Waals surface area contributed by atoms with E-state index < -0.39 is 0 Å². The summed E-state index contributed by atoms with van der Waals surface area (Å²) in [5.74, 6) is 0.00375. The number of rotatable bonds is 4. The van der Waals surface area contributed by atoms with E-state index in [1.165, 1.54) is 0 Å². The van der Waals surface area contributed by atoms with Crippen molar-refractivity contribution in [1.29, 1.82) is 0 Å². The molecular formula is C13H21N3O2. The van der Waals surface area contributed by atoms with Crippen molar-refractivity contribution in [2.45, 2.75) is 32.4 Å². The molecule has 0 saturated carbocycles. The number of anilines is 1. The van der Waals surface area contributed by atoms with Gasteiger partial charge in [-0.15, -0.1) is 0 Å². The minimum Gasteiger partial charge on any atom is -0.397 e. The van der Waals surface area contributed by atoms with Gasteiger partial charge in [-0.1, -0.05) is 0 Å². The molecule has 1 amide bonds. The molecule has 1 unspecified atom stereocenters. The fourth-order valence-electron chi connectivity index (χ4n) is 2.35. The molecule has 1 aromatic rings. The van der Waals surface area contributed by atoms with Crippen LogP contribution in [-0.2, 0) is 11.3 Å². The Bertz CT molecular complexity index is 422. The van der Waals surface area contributed by atoms with Crippen molar-refractivity contribution < 1.29 is 9.53 Å². The number of carbonyl (C=O) groups excluding carboxylic acids is 1. The van der Waals surface area contributed by atoms with Crippen molar-refractivity contribution in [2.24, 2.45) is 0 Å². The molecule has 1 fully saturated rings. The molecule has 2 heterocycles. The first-order chi connectivity index (χ1) is 8.61. The second-order valence-electron chi connectivity index (χ2n) is 4.77. The first-order valence-corrected chi connectivity index (χ1v) is 6.44. The predicted molar refractivity (Wildman–Crippen MR) is 70.5 cm³/mol. The van der Waals surface area contributed by atoms with E-state index in [1.807, 2.05) is 18.5 Å². The summed E-state index contributed by atoms with van der Waals surface area (Å²) in [5, 5.41) is 0. The van der Waals surface area contributed by atoms with E-state index in [0.717, 1.165) is 26.0 Å². The Morgan fingerprint density at radius 1 is 1.67 bits per heavy atom. The van der Waals surface area contributed by atoms with Crippen LogP contribution in [0, 0.1) is 0 Å². The van der Waals surface area contributed by atoms with E-state index in [-0.39, 0.29) is 12.0 Å². The predicted octanol–water partition coefficient (Wildman–Crippen LogP) is 1.34. The maximum atomic E-state index is 12.3. The average Bonchev–Trinajstić information content (AvgIpc) is 2.97. The van der Waals surface area contributed by atoms with Gasteiger partial charge in [-0.05, 0) is 25.8 Å². The highest BCUT2D eigenvalue weighted by atomic mass is 16.5. The Morgan fingerprint density at radius 3 is 3.06 bits per heavy atom. The number of aryl methyl sites for hydroxylation is 1. The smallest absolute Gasteiger partial charge is 0.270 e. The third-order valence-corrected chi connectivity index (χ3v) is 3.33. The van der Waals surface area contributed by atoms with Crippen LogP contribution in [0.25, 0.3) is 0 Å². The first-order valence-electron chi connectivity index (χ1n) is 6.44. The number of aromatic nitrogens is 1. The van der Waals surface area contributed by atoms with E-state index in [0.29, 0.717) is 17.9 Å². The zero-order valence-corrected chi connectivity index (χ0v) is 11.1. The molecule has 0 radical (unpaired) electrons. The van der Waals surface area contributed by atoms with Gasteiger partial charge in [0.05, 0.1) is 11.8 Å². The van der Waals surface area contributed by atoms with Crippen LogP contribution in [0.2, 0.25) is 0 Å². The van der Waals surface area contributed by atoms with Gasteiger partial charge in [0, 0.05) is 32.9 Å². The molecule has 1 aliphatic rings. The van der Waals surface area contributed by atoms with Crippen LogP contribution < -0.4 is 5.73 Å². The number of hydrogen-bond donors (Lipinski definition) is 1. The minimum absolute atomic E-state index is 0.00375. The highest BCUT2D eigenvalue weighted by Gasteiger charge is 2.22. The van der Waals surface area contributed by atoms with Crippen LogP contribution in [0.4, 0.5) is 5.69 Å². The van der Waals surface area contributed by atoms with Gasteiger partial charge in [-0.3, -0.25) is 4.79 Å². The van der Waals surface area contributed by atoms with Crippen LogP contribution >= 0.6 is 0 Å². The van der Waals surface area contributed by atoms with E-state index in [1.54, 1.807) is 17.2 Å². The Balaban J connectivity index is 2.04. The number of nitrogens with two attached hydrogens (primary N) is 1. The molecular weight excluding hydrogens is 230 g/mol. The Morgan fingerprint density at radius 2 is 2.44 bits per heavy atom. The monoisotopic (exact) mass is 251 g/mol. The largest absolute Gasteiger partial charge is 0.397 e. The number of ether oxygens (including phenoxy) is 1. The number of amides is 1. The van der Waals surface area contributed by atoms with Crippen molar-refractivity contribution in [3.05, 3.63) is 18.0 Å². The molecule has 0 spiro atoms. The van der Waals surface area contributed by atoms with Gasteiger partial charge in [0.2, 0.25) is 0 Å². The topological polar surface area (TPSA) is 60.5 Å². The molecule has 0 bridgehead atoms. The molecule has 2 rings (SSSR count). The maximum absolute atomic E-state index is 12.3. The second kappa shape index (κ2) is 5.44. The molecule has 1 aromatic heterocycles. The lowest BCUT2D eigenvalue weighted by atomic mass is 10.2. The van der Waals surface area contributed by atoms with E-state index >= 15 is 0 Å². The third-order valence-electron chi connectivity index (χ3n) is 3.33. The molecule has 0 aromatic carbocycles. The van der Waals surface area contributed by atoms with Crippen molar-refractivity contribution in [3.8, 4) is 0 Å². The minimum atomic E-state index is 0.00375. The molecule has 1 atom stereocenters. The summed E-state index contributed by atoms with van der Waals surface area (Å²) in [5.41, 5.74) is 7.02. The zero-order chi connectivity index (χ0) is 13.1. The molecule has 5 heteroatoms. The van der Waals surface area contributed by atoms with Crippen LogP contribution in [0.1, 0.15) is 30.3 Å². The van der Waals surface area contributed by atoms with Crippen molar-refractivity contribution >= 4 is 11.6 Å². The summed E-state index contributed by atoms with van der Waals surface area (Å²) in [7, 11) is 1.81. The molecule has 5 nitrogen and oxygen atoms in total. The third kappa shape index (κ3) is 2.67. The Labute approximate surface area is 108 Å². The summed E-state index contributed by atoms with van der Waals surface area (Å²) in [6.45, 7) is 4.20. The molecule has 100 valence electrons. The number of nitrogen functional groups attached to an aromatic ring is 1. The lowest BCUT2D eigenvalue weighted by Gasteiger charge is -2.21. The van der Waals surface area contributed by atoms with Crippen LogP contribution in [0.15, 0.2) is 12.3 Å². The zero-order valence-electron chi connectivity index (χ0n) is 11.1. The molecule has 1 aliphatic heterocycles. The summed E-state index contributed by atoms with van der Waals surface area (Å²) < 4.78 is 7.42. The van der Waals surface area contributed by atoms with Crippen LogP contribution in [-0.4, -0.2) is 41.7 Å². The normalized spacial score (nSPS) is 19.1. The fraction of sp³-hybridized carbons (Fsp3) is 0.615. The van der Waals surface area contributed by atoms with Gasteiger partial charge in [-0.25, -0.2) is 0 Å². The SMILES string of the molecule is CCn1cc(N)cc1C(=O)N(C)CC1CCCO1. The molecule has 1 saturated heterocycles. The maximum Gasteiger partial charge on any atom is 0.270 e. The summed E-state index contributed by atoms with van der Waals surface area (Å²) in [6.07, 6.45) is 4.11. The Hall–Kier alpha value is -1.49. The van der Waals surface area contributed by atoms with Crippen molar-refractivity contribution in [3.63, 3.8) is 0 Å². The van der Waals surface area contributed by atoms with E-state index in [2.05, 4.69) is 0 Å². The number of hydrogen-bond acceptors (Lipinski definition) is 3. The van der Waals surface area contributed by atoms with Gasteiger partial charge >= 0.3 is 0 Å². The van der Waals surface area contributed by atoms with Crippen LogP contribution in [0.3, 0.4) is 0 Å². The highest BCUT2D eigenvalue weighted by Crippen LogP contribution is 2.16. The molecule has 0 aliphatic carbocycles. The lowest BCUT2D eigenvalue weighted by Crippen LogP contribution is -2.35. The number of carbonyl (C=O) groups is 1. The van der Waals surface area contributed by atoms with Crippen LogP contribution in [0.5, 0.6) is 0 Å². The highest BCUT2D eigenvalue weighted by molar-refractivity contribution is 5.93. The summed E-state index contributed by atoms with van der Waals surface area (Å²) in [4.78, 5) is 14.0. The van der Waals surface area contributed by atoms with Crippen molar-refractivity contribution in [1.82, 2.24) is 9.47 Å². The van der Waals surface area contributed by atoms with Gasteiger partial charge < -0.3 is 19.9 Å². The number of nitrogens with zero attached hydrogens (tertiary/aromatic N) is 2. The standard InChI is InChI=1S/C13H21N3O2/c1-3-16-8-10(14)7-12(16)13(17)15(2)9-11-5-4-6-18-11/h7-8,11H,3-6,9,14H2,1-2H3. The van der Waals surface area contributed by atoms with Gasteiger partial charge in [0.25, 0.3) is 5.91 Å². The summed E-state index contributed by atoms with van der Waals surface area (Å²) >= 11 is 0. The quantitative estimate of drug-likeness (QED) is 0.878. The summed E-state index contributed by atoms with van der Waals surface area (Å²) in [6, 6.07) is 1.73. The molecule has 2 N–H and O–H groups in total. The Kier molecular flexibility index (Phi) is 3.91. The van der Waals surface area contributed by atoms with E-state index in [9.17, 15) is 4.79 Å². The van der Waals surface area contributed by atoms with E-state index in [4.69, 9.17) is 10.5 Å². The second-order valence-corrected chi connectivity index (χ2v) is 4.77. The average molecular weight is 251 g/mol. The fourth-order valence-corrected chi connectivity index (χ4v) is 2.35. The van der Waals surface area contributed by atoms with Gasteiger partial charge in [-0.2, -0.15) is 0 Å². The van der Waals surface area contributed by atoms with Crippen molar-refractivity contribution in [2.75, 3.05) is 25.9 Å². The molecule has 18 heavy (non-hydrogen) atoms. The lowest BCUT2D eigenvalue weighted by molar-refractivity contribution is 0.0579. The van der Waals surface area contributed by atoms with Gasteiger partial charge in [0.15, 0.2) is 0 Å².